The van der Waals surface area contributed by atoms with Gasteiger partial charge in [0.25, 0.3) is 0 Å². The van der Waals surface area contributed by atoms with Gasteiger partial charge in [0.2, 0.25) is 5.88 Å². The van der Waals surface area contributed by atoms with Crippen LogP contribution in [0.2, 0.25) is 0 Å². The molecule has 0 aliphatic carbocycles. The fourth-order valence-electron chi connectivity index (χ4n) is 2.08. The third-order valence-electron chi connectivity index (χ3n) is 3.01. The van der Waals surface area contributed by atoms with Gasteiger partial charge in [-0.2, -0.15) is 0 Å². The lowest BCUT2D eigenvalue weighted by Gasteiger charge is -2.19. The van der Waals surface area contributed by atoms with Crippen LogP contribution in [0, 0.1) is 0 Å². The number of ether oxygens (including phenoxy) is 2. The maximum Gasteiger partial charge on any atom is 0.413 e. The van der Waals surface area contributed by atoms with E-state index in [1.807, 2.05) is 51.4 Å². The molecule has 2 heterocycles. The molecule has 0 atom stereocenters. The Bertz CT molecular complexity index is 671. The number of carbonyl (C=O) groups excluding carboxylic acids is 1. The van der Waals surface area contributed by atoms with Gasteiger partial charge in [-0.25, -0.2) is 9.78 Å². The third-order valence-corrected chi connectivity index (χ3v) is 3.01. The summed E-state index contributed by atoms with van der Waals surface area (Å²) in [4.78, 5) is 16.2. The second kappa shape index (κ2) is 6.25. The van der Waals surface area contributed by atoms with E-state index in [4.69, 9.17) is 9.47 Å². The van der Waals surface area contributed by atoms with E-state index >= 15 is 0 Å². The average molecular weight is 305 g/mol. The van der Waals surface area contributed by atoms with E-state index in [-0.39, 0.29) is 0 Å². The summed E-state index contributed by atoms with van der Waals surface area (Å²) in [5.41, 5.74) is 0.401. The van der Waals surface area contributed by atoms with Gasteiger partial charge >= 0.3 is 6.09 Å². The first kappa shape index (κ1) is 16.1. The average Bonchev–Trinajstić information content (AvgIpc) is 2.72. The van der Waals surface area contributed by atoms with Crippen LogP contribution in [0.1, 0.15) is 34.1 Å². The van der Waals surface area contributed by atoms with E-state index in [9.17, 15) is 4.79 Å². The Morgan fingerprint density at radius 3 is 2.77 bits per heavy atom. The van der Waals surface area contributed by atoms with Crippen LogP contribution < -0.4 is 10.1 Å². The molecule has 2 aromatic heterocycles. The number of hydrogen-bond donors (Lipinski definition) is 1. The largest absolute Gasteiger partial charge is 0.477 e. The summed E-state index contributed by atoms with van der Waals surface area (Å²) in [5, 5.41) is 3.62. The maximum absolute atomic E-state index is 11.9. The molecule has 0 spiro atoms. The van der Waals surface area contributed by atoms with Crippen molar-refractivity contribution in [2.75, 3.05) is 11.9 Å². The summed E-state index contributed by atoms with van der Waals surface area (Å²) in [5.74, 6) is 1.21. The topological polar surface area (TPSA) is 65.4 Å². The first-order chi connectivity index (χ1) is 10.3. The van der Waals surface area contributed by atoms with E-state index < -0.39 is 11.7 Å². The van der Waals surface area contributed by atoms with Crippen LogP contribution >= 0.6 is 0 Å². The summed E-state index contributed by atoms with van der Waals surface area (Å²) >= 11 is 0. The highest BCUT2D eigenvalue weighted by Gasteiger charge is 2.18. The summed E-state index contributed by atoms with van der Waals surface area (Å²) < 4.78 is 12.8. The normalized spacial score (nSPS) is 11.5. The first-order valence-electron chi connectivity index (χ1n) is 7.39. The van der Waals surface area contributed by atoms with Crippen molar-refractivity contribution in [1.82, 2.24) is 9.55 Å². The number of carbonyl (C=O) groups is 1. The molecule has 0 aliphatic rings. The van der Waals surface area contributed by atoms with Gasteiger partial charge < -0.3 is 14.0 Å². The van der Waals surface area contributed by atoms with Gasteiger partial charge in [0, 0.05) is 13.2 Å². The minimum absolute atomic E-state index is 0.484. The molecule has 0 radical (unpaired) electrons. The molecule has 0 bridgehead atoms. The molecule has 0 saturated heterocycles. The molecular weight excluding hydrogens is 282 g/mol. The molecule has 0 fully saturated rings. The van der Waals surface area contributed by atoms with E-state index in [1.165, 1.54) is 0 Å². The van der Waals surface area contributed by atoms with Gasteiger partial charge in [0.15, 0.2) is 0 Å². The van der Waals surface area contributed by atoms with Crippen molar-refractivity contribution in [3.8, 4) is 5.88 Å². The number of nitrogens with zero attached hydrogens (tertiary/aromatic N) is 2. The minimum atomic E-state index is -0.536. The molecule has 6 heteroatoms. The van der Waals surface area contributed by atoms with Crippen LogP contribution in [0.25, 0.3) is 10.9 Å². The van der Waals surface area contributed by atoms with E-state index in [0.29, 0.717) is 18.3 Å². The third kappa shape index (κ3) is 3.69. The zero-order valence-electron chi connectivity index (χ0n) is 13.8. The number of hydrogen-bond acceptors (Lipinski definition) is 4. The van der Waals surface area contributed by atoms with Crippen molar-refractivity contribution in [3.63, 3.8) is 0 Å². The highest BCUT2D eigenvalue weighted by molar-refractivity contribution is 5.93. The van der Waals surface area contributed by atoms with Crippen LogP contribution in [-0.2, 0) is 11.8 Å². The number of rotatable bonds is 4. The molecule has 6 nitrogen and oxygen atoms in total. The van der Waals surface area contributed by atoms with Crippen molar-refractivity contribution in [3.05, 3.63) is 18.3 Å². The highest BCUT2D eigenvalue weighted by atomic mass is 16.6. The molecule has 0 unspecified atom stereocenters. The molecular formula is C16H23N3O3. The lowest BCUT2D eigenvalue weighted by atomic mass is 10.2. The molecule has 22 heavy (non-hydrogen) atoms. The Labute approximate surface area is 130 Å². The van der Waals surface area contributed by atoms with Crippen LogP contribution in [0.5, 0.6) is 5.88 Å². The zero-order chi connectivity index (χ0) is 16.3. The van der Waals surface area contributed by atoms with Crippen molar-refractivity contribution in [2.45, 2.75) is 39.7 Å². The van der Waals surface area contributed by atoms with Crippen LogP contribution in [0.4, 0.5) is 10.6 Å². The Hall–Kier alpha value is -2.24. The predicted octanol–water partition coefficient (Wildman–Crippen LogP) is 3.71. The number of nitrogens with one attached hydrogen (secondary N) is 1. The van der Waals surface area contributed by atoms with Crippen LogP contribution in [0.15, 0.2) is 18.3 Å². The summed E-state index contributed by atoms with van der Waals surface area (Å²) in [7, 11) is 1.87. The Morgan fingerprint density at radius 2 is 2.14 bits per heavy atom. The van der Waals surface area contributed by atoms with Gasteiger partial charge in [-0.1, -0.05) is 6.92 Å². The molecule has 0 saturated carbocycles. The molecule has 1 N–H and O–H groups in total. The van der Waals surface area contributed by atoms with Crippen LogP contribution in [-0.4, -0.2) is 27.9 Å². The molecule has 0 aliphatic heterocycles. The second-order valence-electron chi connectivity index (χ2n) is 6.11. The summed E-state index contributed by atoms with van der Waals surface area (Å²) in [6.07, 6.45) is 2.13. The Kier molecular flexibility index (Phi) is 4.59. The number of aryl methyl sites for hydroxylation is 1. The molecule has 1 amide bonds. The van der Waals surface area contributed by atoms with E-state index in [1.54, 1.807) is 6.20 Å². The number of anilines is 1. The van der Waals surface area contributed by atoms with Crippen molar-refractivity contribution >= 4 is 22.8 Å². The second-order valence-corrected chi connectivity index (χ2v) is 6.11. The standard InChI is InChI=1S/C16H23N3O3/c1-6-9-21-14-11-10-13(18-15(20)22-16(2,3)4)19(5)12(11)7-8-17-14/h7-8,10H,6,9H2,1-5H3,(H,18,20). The quantitative estimate of drug-likeness (QED) is 0.935. The zero-order valence-corrected chi connectivity index (χ0v) is 13.8. The molecule has 120 valence electrons. The highest BCUT2D eigenvalue weighted by Crippen LogP contribution is 2.29. The van der Waals surface area contributed by atoms with Gasteiger partial charge in [0.05, 0.1) is 17.5 Å². The number of aromatic nitrogens is 2. The van der Waals surface area contributed by atoms with E-state index in [2.05, 4.69) is 10.3 Å². The predicted molar refractivity (Wildman–Crippen MR) is 86.4 cm³/mol. The lowest BCUT2D eigenvalue weighted by molar-refractivity contribution is 0.0635. The monoisotopic (exact) mass is 305 g/mol. The van der Waals surface area contributed by atoms with Crippen molar-refractivity contribution in [1.29, 1.82) is 0 Å². The van der Waals surface area contributed by atoms with Crippen molar-refractivity contribution < 1.29 is 14.3 Å². The number of fused-ring (bicyclic) bond motifs is 1. The van der Waals surface area contributed by atoms with Gasteiger partial charge in [0.1, 0.15) is 11.4 Å². The first-order valence-corrected chi connectivity index (χ1v) is 7.39. The number of amides is 1. The lowest BCUT2D eigenvalue weighted by Crippen LogP contribution is -2.27. The molecule has 2 aromatic rings. The fourth-order valence-corrected chi connectivity index (χ4v) is 2.08. The smallest absolute Gasteiger partial charge is 0.413 e. The van der Waals surface area contributed by atoms with Crippen molar-refractivity contribution in [2.24, 2.45) is 7.05 Å². The summed E-state index contributed by atoms with van der Waals surface area (Å²) in [6.45, 7) is 8.13. The van der Waals surface area contributed by atoms with Gasteiger partial charge in [-0.15, -0.1) is 0 Å². The maximum atomic E-state index is 11.9. The SMILES string of the molecule is CCCOc1nccc2c1cc(NC(=O)OC(C)(C)C)n2C. The molecule has 0 aromatic carbocycles. The van der Waals surface area contributed by atoms with Gasteiger partial charge in [-0.3, -0.25) is 5.32 Å². The number of pyridine rings is 1. The Morgan fingerprint density at radius 1 is 1.41 bits per heavy atom. The van der Waals surface area contributed by atoms with E-state index in [0.717, 1.165) is 17.3 Å². The van der Waals surface area contributed by atoms with Gasteiger partial charge in [-0.05, 0) is 39.3 Å². The fraction of sp³-hybridized carbons (Fsp3) is 0.500. The minimum Gasteiger partial charge on any atom is -0.477 e. The molecule has 2 rings (SSSR count). The summed E-state index contributed by atoms with van der Waals surface area (Å²) in [6, 6.07) is 3.73. The Balaban J connectivity index is 2.28. The van der Waals surface area contributed by atoms with Crippen LogP contribution in [0.3, 0.4) is 0 Å².